The van der Waals surface area contributed by atoms with Crippen LogP contribution in [0.15, 0.2) is 6.33 Å². The zero-order valence-corrected chi connectivity index (χ0v) is 10.5. The van der Waals surface area contributed by atoms with Gasteiger partial charge in [0.05, 0.1) is 12.6 Å². The van der Waals surface area contributed by atoms with Gasteiger partial charge in [-0.2, -0.15) is 0 Å². The van der Waals surface area contributed by atoms with Crippen LogP contribution in [0.2, 0.25) is 0 Å². The van der Waals surface area contributed by atoms with Crippen LogP contribution in [0.1, 0.15) is 38.9 Å². The van der Waals surface area contributed by atoms with Crippen molar-refractivity contribution in [1.82, 2.24) is 20.1 Å². The fourth-order valence-corrected chi connectivity index (χ4v) is 1.53. The van der Waals surface area contributed by atoms with E-state index in [0.29, 0.717) is 6.54 Å². The van der Waals surface area contributed by atoms with Gasteiger partial charge < -0.3 is 15.6 Å². The number of hydrogen-bond donors (Lipinski definition) is 2. The van der Waals surface area contributed by atoms with E-state index in [4.69, 9.17) is 5.73 Å². The number of nitrogens with zero attached hydrogens (tertiary/aromatic N) is 3. The maximum atomic E-state index is 11.7. The minimum atomic E-state index is -0.423. The molecule has 1 rings (SSSR count). The van der Waals surface area contributed by atoms with E-state index in [-0.39, 0.29) is 5.91 Å². The highest BCUT2D eigenvalue weighted by molar-refractivity contribution is 5.81. The lowest BCUT2D eigenvalue weighted by molar-refractivity contribution is -0.122. The van der Waals surface area contributed by atoms with E-state index in [1.54, 1.807) is 6.33 Å². The Hall–Kier alpha value is -1.43. The molecule has 0 aromatic carbocycles. The van der Waals surface area contributed by atoms with E-state index in [2.05, 4.69) is 22.4 Å². The van der Waals surface area contributed by atoms with E-state index < -0.39 is 6.04 Å². The first kappa shape index (κ1) is 13.6. The van der Waals surface area contributed by atoms with Crippen LogP contribution >= 0.6 is 0 Å². The first-order chi connectivity index (χ1) is 8.19. The number of amides is 1. The van der Waals surface area contributed by atoms with E-state index in [0.717, 1.165) is 31.6 Å². The molecule has 0 saturated heterocycles. The highest BCUT2D eigenvalue weighted by Crippen LogP contribution is 1.99. The van der Waals surface area contributed by atoms with Crippen LogP contribution in [-0.4, -0.2) is 26.7 Å². The lowest BCUT2D eigenvalue weighted by Gasteiger charge is -2.11. The molecule has 17 heavy (non-hydrogen) atoms. The maximum absolute atomic E-state index is 11.7. The third kappa shape index (κ3) is 4.14. The Morgan fingerprint density at radius 2 is 2.35 bits per heavy atom. The highest BCUT2D eigenvalue weighted by atomic mass is 16.2. The normalized spacial score (nSPS) is 12.4. The number of aryl methyl sites for hydroxylation is 1. The molecule has 0 aliphatic rings. The molecule has 1 aromatic rings. The largest absolute Gasteiger partial charge is 0.347 e. The summed E-state index contributed by atoms with van der Waals surface area (Å²) >= 11 is 0. The standard InChI is InChI=1S/C11H21N5O/c1-3-5-6-9(12)11(17)13-7-10-15-14-8-16(10)4-2/h8-9H,3-7,12H2,1-2H3,(H,13,17). The fourth-order valence-electron chi connectivity index (χ4n) is 1.53. The Morgan fingerprint density at radius 3 is 3.00 bits per heavy atom. The zero-order chi connectivity index (χ0) is 12.7. The van der Waals surface area contributed by atoms with E-state index in [1.165, 1.54) is 0 Å². The number of hydrogen-bond acceptors (Lipinski definition) is 4. The molecule has 3 N–H and O–H groups in total. The molecule has 6 heteroatoms. The van der Waals surface area contributed by atoms with Crippen molar-refractivity contribution in [2.24, 2.45) is 5.73 Å². The van der Waals surface area contributed by atoms with Crippen LogP contribution in [0.5, 0.6) is 0 Å². The van der Waals surface area contributed by atoms with Gasteiger partial charge in [-0.25, -0.2) is 0 Å². The lowest BCUT2D eigenvalue weighted by atomic mass is 10.1. The average molecular weight is 239 g/mol. The number of nitrogens with two attached hydrogens (primary N) is 1. The van der Waals surface area contributed by atoms with Crippen LogP contribution in [0.4, 0.5) is 0 Å². The van der Waals surface area contributed by atoms with Gasteiger partial charge in [0.15, 0.2) is 5.82 Å². The predicted octanol–water partition coefficient (Wildman–Crippen LogP) is 0.432. The first-order valence-corrected chi connectivity index (χ1v) is 6.09. The topological polar surface area (TPSA) is 85.8 Å². The number of carbonyl (C=O) groups excluding carboxylic acids is 1. The summed E-state index contributed by atoms with van der Waals surface area (Å²) in [6.45, 7) is 5.25. The van der Waals surface area contributed by atoms with Crippen molar-refractivity contribution in [3.8, 4) is 0 Å². The molecular formula is C11H21N5O. The molecule has 0 aliphatic heterocycles. The van der Waals surface area contributed by atoms with Crippen molar-refractivity contribution in [3.63, 3.8) is 0 Å². The molecule has 0 spiro atoms. The molecule has 0 saturated carbocycles. The van der Waals surface area contributed by atoms with Crippen LogP contribution in [0, 0.1) is 0 Å². The highest BCUT2D eigenvalue weighted by Gasteiger charge is 2.13. The molecule has 6 nitrogen and oxygen atoms in total. The number of carbonyl (C=O) groups is 1. The van der Waals surface area contributed by atoms with E-state index in [9.17, 15) is 4.79 Å². The van der Waals surface area contributed by atoms with Crippen molar-refractivity contribution in [2.75, 3.05) is 0 Å². The molecule has 0 fully saturated rings. The zero-order valence-electron chi connectivity index (χ0n) is 10.5. The van der Waals surface area contributed by atoms with Gasteiger partial charge in [-0.3, -0.25) is 4.79 Å². The van der Waals surface area contributed by atoms with Gasteiger partial charge in [0, 0.05) is 6.54 Å². The van der Waals surface area contributed by atoms with Gasteiger partial charge in [-0.05, 0) is 13.3 Å². The molecule has 96 valence electrons. The van der Waals surface area contributed by atoms with Crippen LogP contribution < -0.4 is 11.1 Å². The van der Waals surface area contributed by atoms with E-state index >= 15 is 0 Å². The smallest absolute Gasteiger partial charge is 0.237 e. The maximum Gasteiger partial charge on any atom is 0.237 e. The quantitative estimate of drug-likeness (QED) is 0.722. The second-order valence-electron chi connectivity index (χ2n) is 4.00. The Labute approximate surface area is 102 Å². The average Bonchev–Trinajstić information content (AvgIpc) is 2.80. The Morgan fingerprint density at radius 1 is 1.59 bits per heavy atom. The second-order valence-corrected chi connectivity index (χ2v) is 4.00. The van der Waals surface area contributed by atoms with Crippen LogP contribution in [0.25, 0.3) is 0 Å². The number of rotatable bonds is 7. The summed E-state index contributed by atoms with van der Waals surface area (Å²) in [5, 5.41) is 10.5. The minimum absolute atomic E-state index is 0.121. The van der Waals surface area contributed by atoms with Crippen molar-refractivity contribution in [1.29, 1.82) is 0 Å². The SMILES string of the molecule is CCCCC(N)C(=O)NCc1nncn1CC. The Kier molecular flexibility index (Phi) is 5.62. The third-order valence-corrected chi connectivity index (χ3v) is 2.66. The molecule has 1 atom stereocenters. The Balaban J connectivity index is 2.37. The van der Waals surface area contributed by atoms with Crippen molar-refractivity contribution < 1.29 is 4.79 Å². The predicted molar refractivity (Wildman–Crippen MR) is 65.0 cm³/mol. The number of unbranched alkanes of at least 4 members (excludes halogenated alkanes) is 1. The summed E-state index contributed by atoms with van der Waals surface area (Å²) < 4.78 is 1.89. The van der Waals surface area contributed by atoms with Crippen molar-refractivity contribution >= 4 is 5.91 Å². The molecular weight excluding hydrogens is 218 g/mol. The van der Waals surface area contributed by atoms with Gasteiger partial charge in [0.25, 0.3) is 0 Å². The van der Waals surface area contributed by atoms with Gasteiger partial charge in [0.2, 0.25) is 5.91 Å². The summed E-state index contributed by atoms with van der Waals surface area (Å²) in [5.74, 6) is 0.632. The van der Waals surface area contributed by atoms with Gasteiger partial charge in [-0.15, -0.1) is 10.2 Å². The molecule has 1 amide bonds. The van der Waals surface area contributed by atoms with Gasteiger partial charge in [0.1, 0.15) is 6.33 Å². The summed E-state index contributed by atoms with van der Waals surface area (Å²) in [7, 11) is 0. The molecule has 1 aromatic heterocycles. The van der Waals surface area contributed by atoms with E-state index in [1.807, 2.05) is 11.5 Å². The summed E-state index contributed by atoms with van der Waals surface area (Å²) in [5.41, 5.74) is 5.76. The monoisotopic (exact) mass is 239 g/mol. The first-order valence-electron chi connectivity index (χ1n) is 6.09. The van der Waals surface area contributed by atoms with Gasteiger partial charge in [-0.1, -0.05) is 19.8 Å². The molecule has 1 heterocycles. The lowest BCUT2D eigenvalue weighted by Crippen LogP contribution is -2.40. The molecule has 0 radical (unpaired) electrons. The minimum Gasteiger partial charge on any atom is -0.347 e. The summed E-state index contributed by atoms with van der Waals surface area (Å²) in [6.07, 6.45) is 4.40. The Bertz CT molecular complexity index is 349. The fraction of sp³-hybridized carbons (Fsp3) is 0.727. The molecule has 0 aliphatic carbocycles. The van der Waals surface area contributed by atoms with Crippen molar-refractivity contribution in [2.45, 2.75) is 52.2 Å². The third-order valence-electron chi connectivity index (χ3n) is 2.66. The van der Waals surface area contributed by atoms with Crippen molar-refractivity contribution in [3.05, 3.63) is 12.2 Å². The second kappa shape index (κ2) is 7.01. The van der Waals surface area contributed by atoms with Crippen LogP contribution in [-0.2, 0) is 17.9 Å². The molecule has 0 bridgehead atoms. The van der Waals surface area contributed by atoms with Crippen LogP contribution in [0.3, 0.4) is 0 Å². The van der Waals surface area contributed by atoms with Gasteiger partial charge >= 0.3 is 0 Å². The number of aromatic nitrogens is 3. The molecule has 1 unspecified atom stereocenters. The number of nitrogens with one attached hydrogen (secondary N) is 1. The summed E-state index contributed by atoms with van der Waals surface area (Å²) in [4.78, 5) is 11.7. The summed E-state index contributed by atoms with van der Waals surface area (Å²) in [6, 6.07) is -0.423.